The van der Waals surface area contributed by atoms with Gasteiger partial charge in [0.25, 0.3) is 0 Å². The molecular weight excluding hydrogens is 254 g/mol. The highest BCUT2D eigenvalue weighted by molar-refractivity contribution is 5.82. The monoisotopic (exact) mass is 279 g/mol. The van der Waals surface area contributed by atoms with E-state index in [2.05, 4.69) is 0 Å². The molecule has 2 saturated carbocycles. The average molecular weight is 279 g/mol. The molecule has 2 amide bonds. The summed E-state index contributed by atoms with van der Waals surface area (Å²) in [5.41, 5.74) is 5.91. The number of amides is 2. The molecule has 1 saturated heterocycles. The van der Waals surface area contributed by atoms with Crippen LogP contribution in [0.2, 0.25) is 0 Å². The van der Waals surface area contributed by atoms with Gasteiger partial charge < -0.3 is 15.5 Å². The maximum atomic E-state index is 12.4. The van der Waals surface area contributed by atoms with Gasteiger partial charge in [0.05, 0.1) is 0 Å². The minimum absolute atomic E-state index is 0.0814. The molecule has 3 aliphatic rings. The van der Waals surface area contributed by atoms with Gasteiger partial charge in [-0.2, -0.15) is 0 Å². The quantitative estimate of drug-likeness (QED) is 0.819. The lowest BCUT2D eigenvalue weighted by atomic mass is 9.66. The van der Waals surface area contributed by atoms with E-state index < -0.39 is 0 Å². The predicted octanol–water partition coefficient (Wildman–Crippen LogP) is 0.586. The van der Waals surface area contributed by atoms with E-state index in [1.165, 1.54) is 6.42 Å². The first-order valence-corrected chi connectivity index (χ1v) is 7.90. The highest BCUT2D eigenvalue weighted by Gasteiger charge is 2.40. The van der Waals surface area contributed by atoms with Crippen LogP contribution in [-0.2, 0) is 9.59 Å². The second-order valence-corrected chi connectivity index (χ2v) is 6.71. The second kappa shape index (κ2) is 5.35. The Balaban J connectivity index is 1.47. The van der Waals surface area contributed by atoms with Crippen LogP contribution < -0.4 is 5.73 Å². The number of hydrogen-bond acceptors (Lipinski definition) is 3. The molecule has 0 bridgehead atoms. The SMILES string of the molecule is NCC1(CC(=O)N2CCN(C(=O)C3CC3)CC2)CCC1. The molecule has 0 spiro atoms. The lowest BCUT2D eigenvalue weighted by Gasteiger charge is -2.43. The topological polar surface area (TPSA) is 66.6 Å². The third-order valence-corrected chi connectivity index (χ3v) is 5.24. The molecular formula is C15H25N3O2. The van der Waals surface area contributed by atoms with Crippen LogP contribution in [0.25, 0.3) is 0 Å². The Kier molecular flexibility index (Phi) is 3.71. The summed E-state index contributed by atoms with van der Waals surface area (Å²) >= 11 is 0. The summed E-state index contributed by atoms with van der Waals surface area (Å²) in [6, 6.07) is 0. The van der Waals surface area contributed by atoms with E-state index in [4.69, 9.17) is 5.73 Å². The Labute approximate surface area is 120 Å². The minimum atomic E-state index is 0.0814. The predicted molar refractivity (Wildman–Crippen MR) is 75.8 cm³/mol. The first-order chi connectivity index (χ1) is 9.63. The van der Waals surface area contributed by atoms with Gasteiger partial charge >= 0.3 is 0 Å². The molecule has 0 atom stereocenters. The van der Waals surface area contributed by atoms with Crippen molar-refractivity contribution in [1.29, 1.82) is 0 Å². The van der Waals surface area contributed by atoms with Crippen LogP contribution in [0.3, 0.4) is 0 Å². The Morgan fingerprint density at radius 3 is 2.10 bits per heavy atom. The molecule has 20 heavy (non-hydrogen) atoms. The first kappa shape index (κ1) is 13.9. The molecule has 5 nitrogen and oxygen atoms in total. The number of carbonyl (C=O) groups is 2. The molecule has 112 valence electrons. The third kappa shape index (κ3) is 2.68. The number of nitrogens with two attached hydrogens (primary N) is 1. The van der Waals surface area contributed by atoms with Gasteiger partial charge in [-0.15, -0.1) is 0 Å². The Bertz CT molecular complexity index is 388. The fraction of sp³-hybridized carbons (Fsp3) is 0.867. The molecule has 5 heteroatoms. The van der Waals surface area contributed by atoms with Gasteiger partial charge in [0.1, 0.15) is 0 Å². The number of piperazine rings is 1. The Morgan fingerprint density at radius 1 is 1.05 bits per heavy atom. The minimum Gasteiger partial charge on any atom is -0.339 e. The van der Waals surface area contributed by atoms with Crippen LogP contribution in [0.5, 0.6) is 0 Å². The van der Waals surface area contributed by atoms with E-state index in [0.717, 1.165) is 25.7 Å². The summed E-state index contributed by atoms with van der Waals surface area (Å²) in [5.74, 6) is 0.816. The van der Waals surface area contributed by atoms with Crippen molar-refractivity contribution in [2.24, 2.45) is 17.1 Å². The van der Waals surface area contributed by atoms with Gasteiger partial charge in [-0.05, 0) is 37.6 Å². The first-order valence-electron chi connectivity index (χ1n) is 7.90. The Hall–Kier alpha value is -1.10. The molecule has 2 aliphatic carbocycles. The summed E-state index contributed by atoms with van der Waals surface area (Å²) in [7, 11) is 0. The molecule has 0 radical (unpaired) electrons. The van der Waals surface area contributed by atoms with Crippen molar-refractivity contribution in [3.05, 3.63) is 0 Å². The van der Waals surface area contributed by atoms with E-state index >= 15 is 0 Å². The molecule has 3 rings (SSSR count). The summed E-state index contributed by atoms with van der Waals surface area (Å²) in [5, 5.41) is 0. The molecule has 1 heterocycles. The standard InChI is InChI=1S/C15H25N3O2/c16-11-15(4-1-5-15)10-13(19)17-6-8-18(9-7-17)14(20)12-2-3-12/h12H,1-11,16H2. The van der Waals surface area contributed by atoms with E-state index in [-0.39, 0.29) is 17.2 Å². The number of nitrogens with zero attached hydrogens (tertiary/aromatic N) is 2. The average Bonchev–Trinajstić information content (AvgIpc) is 3.26. The van der Waals surface area contributed by atoms with Crippen molar-refractivity contribution in [3.8, 4) is 0 Å². The van der Waals surface area contributed by atoms with Crippen LogP contribution in [0, 0.1) is 11.3 Å². The van der Waals surface area contributed by atoms with Gasteiger partial charge in [0.15, 0.2) is 0 Å². The molecule has 0 aromatic heterocycles. The van der Waals surface area contributed by atoms with Crippen LogP contribution in [-0.4, -0.2) is 54.3 Å². The zero-order valence-electron chi connectivity index (χ0n) is 12.1. The van der Waals surface area contributed by atoms with E-state index in [1.54, 1.807) is 0 Å². The van der Waals surface area contributed by atoms with Crippen molar-refractivity contribution in [1.82, 2.24) is 9.80 Å². The smallest absolute Gasteiger partial charge is 0.225 e. The van der Waals surface area contributed by atoms with Gasteiger partial charge in [-0.1, -0.05) is 6.42 Å². The highest BCUT2D eigenvalue weighted by Crippen LogP contribution is 2.43. The maximum absolute atomic E-state index is 12.4. The molecule has 0 aromatic rings. The zero-order valence-corrected chi connectivity index (χ0v) is 12.1. The molecule has 3 fully saturated rings. The summed E-state index contributed by atoms with van der Waals surface area (Å²) in [4.78, 5) is 28.2. The Morgan fingerprint density at radius 2 is 1.65 bits per heavy atom. The summed E-state index contributed by atoms with van der Waals surface area (Å²) in [6.07, 6.45) is 6.09. The van der Waals surface area contributed by atoms with E-state index in [0.29, 0.717) is 45.1 Å². The van der Waals surface area contributed by atoms with Crippen LogP contribution in [0.15, 0.2) is 0 Å². The summed E-state index contributed by atoms with van der Waals surface area (Å²) in [6.45, 7) is 3.42. The second-order valence-electron chi connectivity index (χ2n) is 6.71. The zero-order chi connectivity index (χ0) is 14.2. The van der Waals surface area contributed by atoms with Gasteiger partial charge in [0.2, 0.25) is 11.8 Å². The maximum Gasteiger partial charge on any atom is 0.225 e. The van der Waals surface area contributed by atoms with Crippen molar-refractivity contribution >= 4 is 11.8 Å². The van der Waals surface area contributed by atoms with Crippen molar-refractivity contribution < 1.29 is 9.59 Å². The fourth-order valence-corrected chi connectivity index (χ4v) is 3.33. The van der Waals surface area contributed by atoms with Crippen LogP contribution in [0.1, 0.15) is 38.5 Å². The molecule has 1 aliphatic heterocycles. The van der Waals surface area contributed by atoms with Gasteiger partial charge in [-0.25, -0.2) is 0 Å². The summed E-state index contributed by atoms with van der Waals surface area (Å²) < 4.78 is 0. The van der Waals surface area contributed by atoms with Crippen LogP contribution >= 0.6 is 0 Å². The number of rotatable bonds is 4. The highest BCUT2D eigenvalue weighted by atomic mass is 16.2. The van der Waals surface area contributed by atoms with Crippen LogP contribution in [0.4, 0.5) is 0 Å². The molecule has 0 unspecified atom stereocenters. The van der Waals surface area contributed by atoms with Gasteiger partial charge in [-0.3, -0.25) is 9.59 Å². The normalized spacial score (nSPS) is 25.2. The van der Waals surface area contributed by atoms with Crippen molar-refractivity contribution in [2.75, 3.05) is 32.7 Å². The van der Waals surface area contributed by atoms with E-state index in [9.17, 15) is 9.59 Å². The fourth-order valence-electron chi connectivity index (χ4n) is 3.33. The third-order valence-electron chi connectivity index (χ3n) is 5.24. The number of carbonyl (C=O) groups excluding carboxylic acids is 2. The molecule has 2 N–H and O–H groups in total. The van der Waals surface area contributed by atoms with Gasteiger partial charge in [0, 0.05) is 38.5 Å². The number of hydrogen-bond donors (Lipinski definition) is 1. The lowest BCUT2D eigenvalue weighted by Crippen LogP contribution is -2.52. The van der Waals surface area contributed by atoms with E-state index in [1.807, 2.05) is 9.80 Å². The van der Waals surface area contributed by atoms with Crippen molar-refractivity contribution in [2.45, 2.75) is 38.5 Å². The lowest BCUT2D eigenvalue weighted by molar-refractivity contribution is -0.142. The molecule has 0 aromatic carbocycles. The van der Waals surface area contributed by atoms with Crippen molar-refractivity contribution in [3.63, 3.8) is 0 Å². The largest absolute Gasteiger partial charge is 0.339 e.